The van der Waals surface area contributed by atoms with Gasteiger partial charge in [-0.3, -0.25) is 4.79 Å². The first kappa shape index (κ1) is 22.5. The lowest BCUT2D eigenvalue weighted by Crippen LogP contribution is -2.48. The van der Waals surface area contributed by atoms with E-state index < -0.39 is 41.3 Å². The summed E-state index contributed by atoms with van der Waals surface area (Å²) in [6.07, 6.45) is -0.726. The molecule has 0 fully saturated rings. The molecule has 0 aliphatic carbocycles. The minimum atomic E-state index is -1.01. The van der Waals surface area contributed by atoms with E-state index in [2.05, 4.69) is 10.6 Å². The summed E-state index contributed by atoms with van der Waals surface area (Å²) in [6, 6.07) is 6.84. The molecule has 0 aromatic heterocycles. The highest BCUT2D eigenvalue weighted by Crippen LogP contribution is 2.16. The molecule has 7 heteroatoms. The topological polar surface area (TPSA) is 93.7 Å². The lowest BCUT2D eigenvalue weighted by atomic mass is 10.1. The molecule has 0 radical (unpaired) electrons. The van der Waals surface area contributed by atoms with Crippen LogP contribution in [-0.2, 0) is 19.1 Å². The fraction of sp³-hybridized carbons (Fsp3) is 0.550. The molecular weight excluding hydrogens is 348 g/mol. The van der Waals surface area contributed by atoms with Crippen LogP contribution in [0.3, 0.4) is 0 Å². The third-order valence-corrected chi connectivity index (χ3v) is 3.18. The summed E-state index contributed by atoms with van der Waals surface area (Å²) in [5.74, 6) is -1.09. The van der Waals surface area contributed by atoms with E-state index in [0.717, 1.165) is 0 Å². The third-order valence-electron chi connectivity index (χ3n) is 3.18. The number of carbonyl (C=O) groups excluding carboxylic acids is 3. The largest absolute Gasteiger partial charge is 0.458 e. The fourth-order valence-electron chi connectivity index (χ4n) is 2.12. The molecule has 0 unspecified atom stereocenters. The number of nitrogens with one attached hydrogen (secondary N) is 2. The van der Waals surface area contributed by atoms with Gasteiger partial charge in [-0.2, -0.15) is 0 Å². The van der Waals surface area contributed by atoms with E-state index in [9.17, 15) is 14.4 Å². The monoisotopic (exact) mass is 378 g/mol. The molecule has 27 heavy (non-hydrogen) atoms. The van der Waals surface area contributed by atoms with Crippen LogP contribution in [0.5, 0.6) is 0 Å². The van der Waals surface area contributed by atoms with Gasteiger partial charge in [-0.25, -0.2) is 9.59 Å². The lowest BCUT2D eigenvalue weighted by Gasteiger charge is -2.26. The van der Waals surface area contributed by atoms with E-state index in [4.69, 9.17) is 9.47 Å². The Bertz CT molecular complexity index is 659. The van der Waals surface area contributed by atoms with E-state index in [1.54, 1.807) is 71.9 Å². The summed E-state index contributed by atoms with van der Waals surface area (Å²) in [7, 11) is 0. The number of alkyl carbamates (subject to hydrolysis) is 1. The zero-order valence-electron chi connectivity index (χ0n) is 17.1. The minimum absolute atomic E-state index is 0.537. The molecule has 1 rings (SSSR count). The smallest absolute Gasteiger partial charge is 0.408 e. The quantitative estimate of drug-likeness (QED) is 0.768. The van der Waals surface area contributed by atoms with Crippen LogP contribution >= 0.6 is 0 Å². The van der Waals surface area contributed by atoms with Crippen molar-refractivity contribution < 1.29 is 23.9 Å². The molecular formula is C20H30N2O5. The predicted octanol–water partition coefficient (Wildman–Crippen LogP) is 3.10. The highest BCUT2D eigenvalue weighted by molar-refractivity contribution is 5.90. The van der Waals surface area contributed by atoms with Gasteiger partial charge >= 0.3 is 12.1 Å². The van der Waals surface area contributed by atoms with Gasteiger partial charge in [0.15, 0.2) is 0 Å². The Balaban J connectivity index is 2.91. The van der Waals surface area contributed by atoms with Gasteiger partial charge in [-0.1, -0.05) is 30.3 Å². The zero-order valence-corrected chi connectivity index (χ0v) is 17.1. The number of hydrogen-bond acceptors (Lipinski definition) is 5. The predicted molar refractivity (Wildman–Crippen MR) is 102 cm³/mol. The first-order valence-electron chi connectivity index (χ1n) is 8.86. The summed E-state index contributed by atoms with van der Waals surface area (Å²) in [5, 5.41) is 5.14. The summed E-state index contributed by atoms with van der Waals surface area (Å²) in [5.41, 5.74) is -0.799. The Hall–Kier alpha value is -2.57. The number of benzene rings is 1. The van der Waals surface area contributed by atoms with Crippen LogP contribution in [0.2, 0.25) is 0 Å². The first-order chi connectivity index (χ1) is 12.3. The van der Waals surface area contributed by atoms with Gasteiger partial charge in [0.05, 0.1) is 0 Å². The molecule has 1 aromatic rings. The maximum atomic E-state index is 12.7. The van der Waals surface area contributed by atoms with E-state index in [-0.39, 0.29) is 0 Å². The standard InChI is InChI=1S/C20H30N2O5/c1-13(17(24)26-19(2,3)4)21-16(23)15(14-11-9-8-10-12-14)22-18(25)27-20(5,6)7/h8-13,15H,1-7H3,(H,21,23)(H,22,25)/t13-,15-/m0/s1. The van der Waals surface area contributed by atoms with Gasteiger partial charge in [0.1, 0.15) is 23.3 Å². The Morgan fingerprint density at radius 3 is 1.85 bits per heavy atom. The SMILES string of the molecule is C[C@H](NC(=O)[C@@H](NC(=O)OC(C)(C)C)c1ccccc1)C(=O)OC(C)(C)C. The van der Waals surface area contributed by atoms with Crippen molar-refractivity contribution in [3.8, 4) is 0 Å². The van der Waals surface area contributed by atoms with Crippen LogP contribution in [-0.4, -0.2) is 35.2 Å². The molecule has 0 aliphatic heterocycles. The molecule has 0 saturated heterocycles. The Morgan fingerprint density at radius 1 is 0.852 bits per heavy atom. The maximum Gasteiger partial charge on any atom is 0.408 e. The van der Waals surface area contributed by atoms with E-state index in [1.807, 2.05) is 0 Å². The second kappa shape index (κ2) is 8.88. The molecule has 1 aromatic carbocycles. The van der Waals surface area contributed by atoms with Crippen LogP contribution in [0.1, 0.15) is 60.1 Å². The van der Waals surface area contributed by atoms with E-state index in [0.29, 0.717) is 5.56 Å². The number of amides is 2. The van der Waals surface area contributed by atoms with Crippen molar-refractivity contribution >= 4 is 18.0 Å². The number of carbonyl (C=O) groups is 3. The molecule has 0 spiro atoms. The van der Waals surface area contributed by atoms with E-state index >= 15 is 0 Å². The summed E-state index contributed by atoms with van der Waals surface area (Å²) in [4.78, 5) is 37.0. The van der Waals surface area contributed by atoms with Crippen LogP contribution in [0.25, 0.3) is 0 Å². The van der Waals surface area contributed by atoms with Crippen molar-refractivity contribution in [2.75, 3.05) is 0 Å². The average Bonchev–Trinajstić information content (AvgIpc) is 2.50. The van der Waals surface area contributed by atoms with Crippen LogP contribution in [0, 0.1) is 0 Å². The molecule has 0 bridgehead atoms. The van der Waals surface area contributed by atoms with Crippen LogP contribution < -0.4 is 10.6 Å². The summed E-state index contributed by atoms with van der Waals surface area (Å²) in [6.45, 7) is 12.0. The summed E-state index contributed by atoms with van der Waals surface area (Å²) >= 11 is 0. The second-order valence-electron chi connectivity index (χ2n) is 8.25. The lowest BCUT2D eigenvalue weighted by molar-refractivity contribution is -0.158. The average molecular weight is 378 g/mol. The van der Waals surface area contributed by atoms with Crippen molar-refractivity contribution in [2.24, 2.45) is 0 Å². The van der Waals surface area contributed by atoms with Crippen LogP contribution in [0.4, 0.5) is 4.79 Å². The Labute approximate surface area is 160 Å². The number of ether oxygens (including phenoxy) is 2. The molecule has 2 N–H and O–H groups in total. The molecule has 150 valence electrons. The highest BCUT2D eigenvalue weighted by atomic mass is 16.6. The van der Waals surface area contributed by atoms with Crippen molar-refractivity contribution in [2.45, 2.75) is 71.8 Å². The van der Waals surface area contributed by atoms with Gasteiger partial charge in [0.25, 0.3) is 0 Å². The zero-order chi connectivity index (χ0) is 20.8. The normalized spacial score (nSPS) is 13.9. The van der Waals surface area contributed by atoms with Gasteiger partial charge in [0.2, 0.25) is 5.91 Å². The molecule has 7 nitrogen and oxygen atoms in total. The highest BCUT2D eigenvalue weighted by Gasteiger charge is 2.29. The first-order valence-corrected chi connectivity index (χ1v) is 8.86. The molecule has 0 heterocycles. The molecule has 0 saturated carbocycles. The van der Waals surface area contributed by atoms with Gasteiger partial charge < -0.3 is 20.1 Å². The van der Waals surface area contributed by atoms with Gasteiger partial charge in [0, 0.05) is 0 Å². The molecule has 0 aliphatic rings. The van der Waals surface area contributed by atoms with Crippen LogP contribution in [0.15, 0.2) is 30.3 Å². The van der Waals surface area contributed by atoms with Crippen molar-refractivity contribution in [1.29, 1.82) is 0 Å². The number of esters is 1. The molecule has 2 amide bonds. The third kappa shape index (κ3) is 8.57. The van der Waals surface area contributed by atoms with Crippen molar-refractivity contribution in [3.05, 3.63) is 35.9 Å². The van der Waals surface area contributed by atoms with Crippen molar-refractivity contribution in [3.63, 3.8) is 0 Å². The summed E-state index contributed by atoms with van der Waals surface area (Å²) < 4.78 is 10.5. The molecule has 2 atom stereocenters. The number of hydrogen-bond donors (Lipinski definition) is 2. The Morgan fingerprint density at radius 2 is 1.37 bits per heavy atom. The van der Waals surface area contributed by atoms with Gasteiger partial charge in [-0.15, -0.1) is 0 Å². The van der Waals surface area contributed by atoms with E-state index in [1.165, 1.54) is 6.92 Å². The van der Waals surface area contributed by atoms with Gasteiger partial charge in [-0.05, 0) is 54.0 Å². The Kier molecular flexibility index (Phi) is 7.39. The second-order valence-corrected chi connectivity index (χ2v) is 8.25. The minimum Gasteiger partial charge on any atom is -0.458 e. The maximum absolute atomic E-state index is 12.7. The van der Waals surface area contributed by atoms with Crippen molar-refractivity contribution in [1.82, 2.24) is 10.6 Å². The number of rotatable bonds is 5. The fourth-order valence-corrected chi connectivity index (χ4v) is 2.12.